The predicted molar refractivity (Wildman–Crippen MR) is 84.7 cm³/mol. The van der Waals surface area contributed by atoms with E-state index < -0.39 is 0 Å². The molecule has 0 bridgehead atoms. The summed E-state index contributed by atoms with van der Waals surface area (Å²) < 4.78 is 5.51. The van der Waals surface area contributed by atoms with Gasteiger partial charge in [-0.25, -0.2) is 4.79 Å². The second kappa shape index (κ2) is 6.79. The number of carbonyl (C=O) groups excluding carboxylic acids is 1. The van der Waals surface area contributed by atoms with Gasteiger partial charge in [-0.2, -0.15) is 0 Å². The van der Waals surface area contributed by atoms with Crippen molar-refractivity contribution in [2.24, 2.45) is 0 Å². The molecule has 4 heteroatoms. The molecule has 0 unspecified atom stereocenters. The number of aryl methyl sites for hydroxylation is 3. The summed E-state index contributed by atoms with van der Waals surface area (Å²) in [7, 11) is 0. The van der Waals surface area contributed by atoms with Gasteiger partial charge in [-0.3, -0.25) is 0 Å². The van der Waals surface area contributed by atoms with Gasteiger partial charge in [0, 0.05) is 5.69 Å². The minimum atomic E-state index is -0.284. The number of para-hydroxylation sites is 1. The first kappa shape index (κ1) is 14.9. The van der Waals surface area contributed by atoms with Crippen LogP contribution in [0.15, 0.2) is 42.5 Å². The van der Waals surface area contributed by atoms with Gasteiger partial charge < -0.3 is 15.4 Å². The van der Waals surface area contributed by atoms with E-state index in [1.165, 1.54) is 5.56 Å². The Kier molecular flexibility index (Phi) is 4.82. The van der Waals surface area contributed by atoms with Crippen LogP contribution in [0.3, 0.4) is 0 Å². The van der Waals surface area contributed by atoms with Gasteiger partial charge in [0.15, 0.2) is 6.73 Å². The van der Waals surface area contributed by atoms with Gasteiger partial charge in [0.1, 0.15) is 5.75 Å². The summed E-state index contributed by atoms with van der Waals surface area (Å²) >= 11 is 0. The minimum Gasteiger partial charge on any atom is -0.473 e. The van der Waals surface area contributed by atoms with Gasteiger partial charge in [-0.1, -0.05) is 24.3 Å². The molecule has 2 rings (SSSR count). The number of benzene rings is 2. The van der Waals surface area contributed by atoms with Crippen molar-refractivity contribution in [1.82, 2.24) is 5.32 Å². The molecule has 110 valence electrons. The summed E-state index contributed by atoms with van der Waals surface area (Å²) in [5, 5.41) is 5.46. The van der Waals surface area contributed by atoms with Crippen LogP contribution in [0, 0.1) is 20.8 Å². The van der Waals surface area contributed by atoms with Crippen molar-refractivity contribution in [3.05, 3.63) is 59.2 Å². The molecule has 0 aliphatic rings. The lowest BCUT2D eigenvalue weighted by Crippen LogP contribution is -2.32. The Labute approximate surface area is 125 Å². The summed E-state index contributed by atoms with van der Waals surface area (Å²) in [5.41, 5.74) is 4.19. The molecule has 2 N–H and O–H groups in total. The van der Waals surface area contributed by atoms with E-state index in [9.17, 15) is 4.79 Å². The standard InChI is InChI=1S/C17H20N2O2/c1-12-8-9-15(10-14(12)3)21-11-18-17(20)19-16-7-5-4-6-13(16)2/h4-10H,11H2,1-3H3,(H2,18,19,20). The highest BCUT2D eigenvalue weighted by Gasteiger charge is 2.03. The van der Waals surface area contributed by atoms with Crippen molar-refractivity contribution in [3.8, 4) is 5.75 Å². The second-order valence-electron chi connectivity index (χ2n) is 4.98. The minimum absolute atomic E-state index is 0.125. The molecule has 0 saturated heterocycles. The summed E-state index contributed by atoms with van der Waals surface area (Å²) in [5.74, 6) is 0.745. The average Bonchev–Trinajstić information content (AvgIpc) is 2.45. The first-order valence-corrected chi connectivity index (χ1v) is 6.87. The Balaban J connectivity index is 1.82. The lowest BCUT2D eigenvalue weighted by atomic mass is 10.1. The zero-order chi connectivity index (χ0) is 15.2. The maximum Gasteiger partial charge on any atom is 0.321 e. The van der Waals surface area contributed by atoms with Gasteiger partial charge in [-0.15, -0.1) is 0 Å². The molecule has 2 aromatic rings. The number of ether oxygens (including phenoxy) is 1. The van der Waals surface area contributed by atoms with Crippen LogP contribution in [0.25, 0.3) is 0 Å². The molecule has 0 atom stereocenters. The van der Waals surface area contributed by atoms with E-state index in [0.29, 0.717) is 0 Å². The Morgan fingerprint density at radius 1 is 1.00 bits per heavy atom. The number of carbonyl (C=O) groups is 1. The van der Waals surface area contributed by atoms with Crippen LogP contribution in [-0.4, -0.2) is 12.8 Å². The average molecular weight is 284 g/mol. The van der Waals surface area contributed by atoms with Crippen LogP contribution in [-0.2, 0) is 0 Å². The van der Waals surface area contributed by atoms with Crippen LogP contribution in [0.1, 0.15) is 16.7 Å². The Hall–Kier alpha value is -2.49. The van der Waals surface area contributed by atoms with E-state index in [4.69, 9.17) is 4.74 Å². The molecule has 21 heavy (non-hydrogen) atoms. The van der Waals surface area contributed by atoms with E-state index >= 15 is 0 Å². The number of hydrogen-bond acceptors (Lipinski definition) is 2. The fraction of sp³-hybridized carbons (Fsp3) is 0.235. The van der Waals surface area contributed by atoms with Gasteiger partial charge in [0.25, 0.3) is 0 Å². The largest absolute Gasteiger partial charge is 0.473 e. The van der Waals surface area contributed by atoms with E-state index in [1.807, 2.05) is 63.2 Å². The Morgan fingerprint density at radius 3 is 2.48 bits per heavy atom. The molecule has 0 radical (unpaired) electrons. The van der Waals surface area contributed by atoms with Gasteiger partial charge in [0.05, 0.1) is 0 Å². The van der Waals surface area contributed by atoms with Crippen LogP contribution in [0.2, 0.25) is 0 Å². The number of urea groups is 1. The summed E-state index contributed by atoms with van der Waals surface area (Å²) in [4.78, 5) is 11.8. The van der Waals surface area contributed by atoms with Crippen LogP contribution >= 0.6 is 0 Å². The number of hydrogen-bond donors (Lipinski definition) is 2. The number of anilines is 1. The fourth-order valence-electron chi connectivity index (χ4n) is 1.87. The second-order valence-corrected chi connectivity index (χ2v) is 4.98. The number of rotatable bonds is 4. The summed E-state index contributed by atoms with van der Waals surface area (Å²) in [6.07, 6.45) is 0. The lowest BCUT2D eigenvalue weighted by molar-refractivity contribution is 0.234. The third-order valence-corrected chi connectivity index (χ3v) is 3.34. The van der Waals surface area contributed by atoms with Gasteiger partial charge >= 0.3 is 6.03 Å². The zero-order valence-electron chi connectivity index (χ0n) is 12.6. The molecule has 0 saturated carbocycles. The smallest absolute Gasteiger partial charge is 0.321 e. The van der Waals surface area contributed by atoms with Crippen LogP contribution in [0.4, 0.5) is 10.5 Å². The SMILES string of the molecule is Cc1ccc(OCNC(=O)Nc2ccccc2C)cc1C. The highest BCUT2D eigenvalue weighted by Crippen LogP contribution is 2.16. The van der Waals surface area contributed by atoms with Crippen molar-refractivity contribution < 1.29 is 9.53 Å². The molecule has 2 aromatic carbocycles. The highest BCUT2D eigenvalue weighted by atomic mass is 16.5. The first-order valence-electron chi connectivity index (χ1n) is 6.87. The van der Waals surface area contributed by atoms with Gasteiger partial charge in [-0.05, 0) is 55.7 Å². The molecule has 0 aliphatic heterocycles. The van der Waals surface area contributed by atoms with Crippen molar-refractivity contribution in [2.75, 3.05) is 12.0 Å². The summed E-state index contributed by atoms with van der Waals surface area (Å²) in [6.45, 7) is 6.15. The molecule has 0 aromatic heterocycles. The fourth-order valence-corrected chi connectivity index (χ4v) is 1.87. The maximum atomic E-state index is 11.8. The van der Waals surface area contributed by atoms with Crippen molar-refractivity contribution >= 4 is 11.7 Å². The van der Waals surface area contributed by atoms with Crippen molar-refractivity contribution in [1.29, 1.82) is 0 Å². The zero-order valence-corrected chi connectivity index (χ0v) is 12.6. The molecule has 0 heterocycles. The van der Waals surface area contributed by atoms with Crippen molar-refractivity contribution in [2.45, 2.75) is 20.8 Å². The molecular formula is C17H20N2O2. The molecule has 2 amide bonds. The van der Waals surface area contributed by atoms with Crippen LogP contribution < -0.4 is 15.4 Å². The molecule has 0 spiro atoms. The first-order chi connectivity index (χ1) is 10.1. The highest BCUT2D eigenvalue weighted by molar-refractivity contribution is 5.89. The van der Waals surface area contributed by atoms with E-state index in [1.54, 1.807) is 0 Å². The monoisotopic (exact) mass is 284 g/mol. The van der Waals surface area contributed by atoms with E-state index in [-0.39, 0.29) is 12.8 Å². The molecule has 0 aliphatic carbocycles. The van der Waals surface area contributed by atoms with Crippen LogP contribution in [0.5, 0.6) is 5.75 Å². The normalized spacial score (nSPS) is 10.0. The maximum absolute atomic E-state index is 11.8. The third-order valence-electron chi connectivity index (χ3n) is 3.34. The number of amides is 2. The van der Waals surface area contributed by atoms with E-state index in [2.05, 4.69) is 10.6 Å². The predicted octanol–water partition coefficient (Wildman–Crippen LogP) is 3.77. The molecular weight excluding hydrogens is 264 g/mol. The van der Waals surface area contributed by atoms with E-state index in [0.717, 1.165) is 22.6 Å². The Morgan fingerprint density at radius 2 is 1.76 bits per heavy atom. The Bertz CT molecular complexity index is 638. The molecule has 4 nitrogen and oxygen atoms in total. The van der Waals surface area contributed by atoms with Crippen molar-refractivity contribution in [3.63, 3.8) is 0 Å². The quantitative estimate of drug-likeness (QED) is 0.840. The molecule has 0 fully saturated rings. The topological polar surface area (TPSA) is 50.4 Å². The van der Waals surface area contributed by atoms with Gasteiger partial charge in [0.2, 0.25) is 0 Å². The lowest BCUT2D eigenvalue weighted by Gasteiger charge is -2.11. The number of nitrogens with one attached hydrogen (secondary N) is 2. The third kappa shape index (κ3) is 4.24. The summed E-state index contributed by atoms with van der Waals surface area (Å²) in [6, 6.07) is 13.2.